The van der Waals surface area contributed by atoms with E-state index in [1.165, 1.54) is 37.1 Å². The number of thiophene rings is 1. The summed E-state index contributed by atoms with van der Waals surface area (Å²) in [5.74, 6) is 0. The second-order valence-electron chi connectivity index (χ2n) is 5.86. The van der Waals surface area contributed by atoms with E-state index in [2.05, 4.69) is 64.3 Å². The molecule has 1 aromatic heterocycles. The molecule has 1 aliphatic rings. The molecule has 2 unspecified atom stereocenters. The zero-order valence-electron chi connectivity index (χ0n) is 12.7. The zero-order valence-corrected chi connectivity index (χ0v) is 13.5. The monoisotopic (exact) mass is 300 g/mol. The van der Waals surface area contributed by atoms with E-state index in [0.717, 1.165) is 6.54 Å². The third-order valence-corrected chi connectivity index (χ3v) is 5.13. The van der Waals surface area contributed by atoms with E-state index < -0.39 is 0 Å². The van der Waals surface area contributed by atoms with E-state index in [0.29, 0.717) is 12.1 Å². The summed E-state index contributed by atoms with van der Waals surface area (Å²) < 4.78 is 0. The van der Waals surface area contributed by atoms with E-state index >= 15 is 0 Å². The predicted molar refractivity (Wildman–Crippen MR) is 90.7 cm³/mol. The van der Waals surface area contributed by atoms with Crippen molar-refractivity contribution in [3.8, 4) is 0 Å². The first kappa shape index (κ1) is 14.8. The Morgan fingerprint density at radius 1 is 1.10 bits per heavy atom. The van der Waals surface area contributed by atoms with Crippen LogP contribution < -0.4 is 5.32 Å². The van der Waals surface area contributed by atoms with Crippen LogP contribution in [0.5, 0.6) is 0 Å². The molecule has 1 N–H and O–H groups in total. The Hall–Kier alpha value is -1.16. The van der Waals surface area contributed by atoms with Gasteiger partial charge in [-0.15, -0.1) is 0 Å². The lowest BCUT2D eigenvalue weighted by atomic mass is 10.0. The third-order valence-electron chi connectivity index (χ3n) is 4.43. The Morgan fingerprint density at radius 2 is 1.86 bits per heavy atom. The van der Waals surface area contributed by atoms with Crippen molar-refractivity contribution >= 4 is 11.3 Å². The molecule has 2 aromatic rings. The third kappa shape index (κ3) is 3.73. The SMILES string of the molecule is CC(NCC(c1ccccc1)N1CCCC1)c1ccsc1. The molecule has 2 atom stereocenters. The average Bonchev–Trinajstić information content (AvgIpc) is 3.22. The summed E-state index contributed by atoms with van der Waals surface area (Å²) in [7, 11) is 0. The number of nitrogens with zero attached hydrogens (tertiary/aromatic N) is 1. The highest BCUT2D eigenvalue weighted by Crippen LogP contribution is 2.25. The van der Waals surface area contributed by atoms with Gasteiger partial charge in [-0.2, -0.15) is 11.3 Å². The van der Waals surface area contributed by atoms with E-state index in [-0.39, 0.29) is 0 Å². The summed E-state index contributed by atoms with van der Waals surface area (Å²) in [5, 5.41) is 8.12. The fraction of sp³-hybridized carbons (Fsp3) is 0.444. The first-order chi connectivity index (χ1) is 10.3. The molecular formula is C18H24N2S. The van der Waals surface area contributed by atoms with Gasteiger partial charge in [0, 0.05) is 18.6 Å². The van der Waals surface area contributed by atoms with Gasteiger partial charge in [-0.05, 0) is 60.8 Å². The fourth-order valence-electron chi connectivity index (χ4n) is 3.11. The molecule has 3 rings (SSSR count). The van der Waals surface area contributed by atoms with Gasteiger partial charge in [-0.3, -0.25) is 4.90 Å². The van der Waals surface area contributed by atoms with Crippen molar-refractivity contribution in [3.05, 3.63) is 58.3 Å². The van der Waals surface area contributed by atoms with Crippen LogP contribution in [0.25, 0.3) is 0 Å². The molecule has 2 heterocycles. The smallest absolute Gasteiger partial charge is 0.0472 e. The Kier molecular flexibility index (Phi) is 5.07. The molecule has 3 heteroatoms. The maximum absolute atomic E-state index is 3.73. The quantitative estimate of drug-likeness (QED) is 0.858. The second kappa shape index (κ2) is 7.21. The van der Waals surface area contributed by atoms with Crippen LogP contribution in [0.4, 0.5) is 0 Å². The highest BCUT2D eigenvalue weighted by atomic mass is 32.1. The molecule has 0 saturated carbocycles. The minimum atomic E-state index is 0.421. The second-order valence-corrected chi connectivity index (χ2v) is 6.64. The molecule has 0 aliphatic carbocycles. The standard InChI is InChI=1S/C18H24N2S/c1-15(17-9-12-21-14-17)19-13-18(20-10-5-6-11-20)16-7-3-2-4-8-16/h2-4,7-9,12,14-15,18-19H,5-6,10-11,13H2,1H3. The molecule has 1 fully saturated rings. The maximum Gasteiger partial charge on any atom is 0.0472 e. The zero-order chi connectivity index (χ0) is 14.5. The Morgan fingerprint density at radius 3 is 2.52 bits per heavy atom. The molecule has 21 heavy (non-hydrogen) atoms. The van der Waals surface area contributed by atoms with Gasteiger partial charge in [0.05, 0.1) is 0 Å². The van der Waals surface area contributed by atoms with Crippen molar-refractivity contribution < 1.29 is 0 Å². The first-order valence-corrected chi connectivity index (χ1v) is 8.83. The lowest BCUT2D eigenvalue weighted by Crippen LogP contribution is -2.35. The molecule has 0 radical (unpaired) electrons. The van der Waals surface area contributed by atoms with E-state index in [1.54, 1.807) is 11.3 Å². The molecule has 1 aliphatic heterocycles. The highest BCUT2D eigenvalue weighted by molar-refractivity contribution is 7.07. The Labute approximate surface area is 131 Å². The normalized spacial score (nSPS) is 18.7. The van der Waals surface area contributed by atoms with Crippen molar-refractivity contribution in [1.29, 1.82) is 0 Å². The topological polar surface area (TPSA) is 15.3 Å². The Bertz CT molecular complexity index is 517. The molecule has 112 valence electrons. The number of nitrogens with one attached hydrogen (secondary N) is 1. The molecule has 1 saturated heterocycles. The van der Waals surface area contributed by atoms with Gasteiger partial charge in [0.25, 0.3) is 0 Å². The number of benzene rings is 1. The van der Waals surface area contributed by atoms with Crippen LogP contribution in [0.1, 0.15) is 43.0 Å². The van der Waals surface area contributed by atoms with Gasteiger partial charge in [0.1, 0.15) is 0 Å². The van der Waals surface area contributed by atoms with Crippen molar-refractivity contribution in [1.82, 2.24) is 10.2 Å². The van der Waals surface area contributed by atoms with E-state index in [1.807, 2.05) is 0 Å². The van der Waals surface area contributed by atoms with Gasteiger partial charge >= 0.3 is 0 Å². The number of rotatable bonds is 6. The van der Waals surface area contributed by atoms with Crippen molar-refractivity contribution in [2.45, 2.75) is 31.8 Å². The average molecular weight is 300 g/mol. The van der Waals surface area contributed by atoms with E-state index in [9.17, 15) is 0 Å². The summed E-state index contributed by atoms with van der Waals surface area (Å²) in [6.07, 6.45) is 2.67. The van der Waals surface area contributed by atoms with Crippen molar-refractivity contribution in [2.75, 3.05) is 19.6 Å². The molecule has 1 aromatic carbocycles. The summed E-state index contributed by atoms with van der Waals surface area (Å²) >= 11 is 1.77. The van der Waals surface area contributed by atoms with Crippen LogP contribution in [0, 0.1) is 0 Å². The summed E-state index contributed by atoms with van der Waals surface area (Å²) in [6, 6.07) is 14.1. The summed E-state index contributed by atoms with van der Waals surface area (Å²) in [5.41, 5.74) is 2.83. The molecule has 0 amide bonds. The van der Waals surface area contributed by atoms with Crippen LogP contribution in [0.15, 0.2) is 47.2 Å². The maximum atomic E-state index is 3.73. The Balaban J connectivity index is 1.67. The number of hydrogen-bond donors (Lipinski definition) is 1. The highest BCUT2D eigenvalue weighted by Gasteiger charge is 2.23. The van der Waals surface area contributed by atoms with Crippen LogP contribution >= 0.6 is 11.3 Å². The van der Waals surface area contributed by atoms with Gasteiger partial charge in [-0.1, -0.05) is 30.3 Å². The lowest BCUT2D eigenvalue weighted by Gasteiger charge is -2.29. The molecule has 0 bridgehead atoms. The van der Waals surface area contributed by atoms with E-state index in [4.69, 9.17) is 0 Å². The molecule has 0 spiro atoms. The summed E-state index contributed by atoms with van der Waals surface area (Å²) in [4.78, 5) is 2.63. The van der Waals surface area contributed by atoms with Crippen LogP contribution in [-0.2, 0) is 0 Å². The molecular weight excluding hydrogens is 276 g/mol. The van der Waals surface area contributed by atoms with Crippen LogP contribution in [0.3, 0.4) is 0 Å². The van der Waals surface area contributed by atoms with Crippen LogP contribution in [-0.4, -0.2) is 24.5 Å². The van der Waals surface area contributed by atoms with Gasteiger partial charge < -0.3 is 5.32 Å². The lowest BCUT2D eigenvalue weighted by molar-refractivity contribution is 0.234. The van der Waals surface area contributed by atoms with Crippen molar-refractivity contribution in [3.63, 3.8) is 0 Å². The fourth-order valence-corrected chi connectivity index (χ4v) is 3.87. The number of hydrogen-bond acceptors (Lipinski definition) is 3. The predicted octanol–water partition coefficient (Wildman–Crippen LogP) is 4.24. The first-order valence-electron chi connectivity index (χ1n) is 7.89. The van der Waals surface area contributed by atoms with Crippen molar-refractivity contribution in [2.24, 2.45) is 0 Å². The van der Waals surface area contributed by atoms with Gasteiger partial charge in [-0.25, -0.2) is 0 Å². The van der Waals surface area contributed by atoms with Crippen LogP contribution in [0.2, 0.25) is 0 Å². The summed E-state index contributed by atoms with van der Waals surface area (Å²) in [6.45, 7) is 5.73. The largest absolute Gasteiger partial charge is 0.308 e. The minimum Gasteiger partial charge on any atom is -0.308 e. The number of likely N-dealkylation sites (tertiary alicyclic amines) is 1. The minimum absolute atomic E-state index is 0.421. The van der Waals surface area contributed by atoms with Gasteiger partial charge in [0.2, 0.25) is 0 Å². The molecule has 2 nitrogen and oxygen atoms in total. The van der Waals surface area contributed by atoms with Gasteiger partial charge in [0.15, 0.2) is 0 Å².